The molecule has 2 rings (SSSR count). The lowest BCUT2D eigenvalue weighted by Crippen LogP contribution is -2.53. The first-order valence-electron chi connectivity index (χ1n) is 7.23. The van der Waals surface area contributed by atoms with Gasteiger partial charge in [0.05, 0.1) is 0 Å². The lowest BCUT2D eigenvalue weighted by Gasteiger charge is -2.42. The van der Waals surface area contributed by atoms with Gasteiger partial charge >= 0.3 is 0 Å². The molecule has 0 aliphatic carbocycles. The van der Waals surface area contributed by atoms with Gasteiger partial charge in [0.1, 0.15) is 0 Å². The van der Waals surface area contributed by atoms with Crippen LogP contribution in [-0.4, -0.2) is 48.6 Å². The molecule has 0 aromatic carbocycles. The summed E-state index contributed by atoms with van der Waals surface area (Å²) >= 11 is 6.30. The van der Waals surface area contributed by atoms with Gasteiger partial charge in [-0.15, -0.1) is 11.6 Å². The fourth-order valence-corrected chi connectivity index (χ4v) is 4.96. The fraction of sp³-hybridized carbons (Fsp3) is 1.00. The van der Waals surface area contributed by atoms with Crippen molar-refractivity contribution in [1.82, 2.24) is 8.61 Å². The monoisotopic (exact) mass is 308 g/mol. The van der Waals surface area contributed by atoms with Crippen LogP contribution in [0.2, 0.25) is 0 Å². The van der Waals surface area contributed by atoms with Crippen molar-refractivity contribution in [2.75, 3.05) is 26.2 Å². The van der Waals surface area contributed by atoms with Gasteiger partial charge in [-0.3, -0.25) is 0 Å². The molecule has 0 radical (unpaired) electrons. The SMILES string of the molecule is CC1(C)CN(S(=O)(=O)N2CCCCCC2)CCC1Cl. The summed E-state index contributed by atoms with van der Waals surface area (Å²) in [6.45, 7) is 6.52. The molecular weight excluding hydrogens is 284 g/mol. The van der Waals surface area contributed by atoms with Crippen molar-refractivity contribution in [3.05, 3.63) is 0 Å². The van der Waals surface area contributed by atoms with E-state index in [2.05, 4.69) is 13.8 Å². The Labute approximate surface area is 122 Å². The number of rotatable bonds is 2. The van der Waals surface area contributed by atoms with Crippen LogP contribution in [0, 0.1) is 5.41 Å². The summed E-state index contributed by atoms with van der Waals surface area (Å²) < 4.78 is 28.7. The first kappa shape index (κ1) is 15.5. The fourth-order valence-electron chi connectivity index (χ4n) is 2.91. The molecule has 6 heteroatoms. The molecule has 2 aliphatic heterocycles. The Balaban J connectivity index is 2.11. The van der Waals surface area contributed by atoms with Gasteiger partial charge in [-0.2, -0.15) is 17.0 Å². The minimum absolute atomic E-state index is 0.0584. The molecule has 0 saturated carbocycles. The summed E-state index contributed by atoms with van der Waals surface area (Å²) in [5, 5.41) is 0.0584. The van der Waals surface area contributed by atoms with Crippen LogP contribution in [0.5, 0.6) is 0 Å². The summed E-state index contributed by atoms with van der Waals surface area (Å²) in [6, 6.07) is 0. The minimum Gasteiger partial charge on any atom is -0.195 e. The maximum atomic E-state index is 12.7. The molecule has 0 spiro atoms. The van der Waals surface area contributed by atoms with Crippen molar-refractivity contribution in [2.45, 2.75) is 51.3 Å². The summed E-state index contributed by atoms with van der Waals surface area (Å²) in [4.78, 5) is 0. The molecule has 2 aliphatic rings. The second kappa shape index (κ2) is 5.88. The second-order valence-corrected chi connectivity index (χ2v) is 8.85. The van der Waals surface area contributed by atoms with Gasteiger partial charge in [-0.1, -0.05) is 26.7 Å². The Morgan fingerprint density at radius 2 is 1.58 bits per heavy atom. The highest BCUT2D eigenvalue weighted by Crippen LogP contribution is 2.35. The third-order valence-electron chi connectivity index (χ3n) is 4.28. The molecule has 0 aromatic heterocycles. The summed E-state index contributed by atoms with van der Waals surface area (Å²) in [5.74, 6) is 0. The average Bonchev–Trinajstić information content (AvgIpc) is 2.61. The van der Waals surface area contributed by atoms with Crippen LogP contribution in [0.15, 0.2) is 0 Å². The third-order valence-corrected chi connectivity index (χ3v) is 7.07. The largest absolute Gasteiger partial charge is 0.281 e. The van der Waals surface area contributed by atoms with Crippen LogP contribution in [0.1, 0.15) is 46.0 Å². The van der Waals surface area contributed by atoms with Gasteiger partial charge in [-0.25, -0.2) is 0 Å². The highest BCUT2D eigenvalue weighted by molar-refractivity contribution is 7.86. The Morgan fingerprint density at radius 1 is 1.00 bits per heavy atom. The summed E-state index contributed by atoms with van der Waals surface area (Å²) in [7, 11) is -3.29. The van der Waals surface area contributed by atoms with E-state index < -0.39 is 10.2 Å². The van der Waals surface area contributed by atoms with E-state index in [-0.39, 0.29) is 10.8 Å². The minimum atomic E-state index is -3.29. The van der Waals surface area contributed by atoms with Gasteiger partial charge in [0.25, 0.3) is 10.2 Å². The number of hydrogen-bond acceptors (Lipinski definition) is 2. The molecule has 1 atom stereocenters. The van der Waals surface area contributed by atoms with E-state index in [0.717, 1.165) is 32.1 Å². The number of alkyl halides is 1. The molecular formula is C13H25ClN2O2S. The van der Waals surface area contributed by atoms with Crippen LogP contribution >= 0.6 is 11.6 Å². The average molecular weight is 309 g/mol. The second-order valence-electron chi connectivity index (χ2n) is 6.40. The maximum Gasteiger partial charge on any atom is 0.281 e. The zero-order valence-corrected chi connectivity index (χ0v) is 13.5. The van der Waals surface area contributed by atoms with E-state index in [1.165, 1.54) is 0 Å². The quantitative estimate of drug-likeness (QED) is 0.735. The molecule has 0 amide bonds. The Hall–Kier alpha value is 0.160. The van der Waals surface area contributed by atoms with Crippen LogP contribution in [0.25, 0.3) is 0 Å². The lowest BCUT2D eigenvalue weighted by atomic mass is 9.85. The van der Waals surface area contributed by atoms with Crippen molar-refractivity contribution < 1.29 is 8.42 Å². The molecule has 19 heavy (non-hydrogen) atoms. The topological polar surface area (TPSA) is 40.6 Å². The van der Waals surface area contributed by atoms with E-state index in [9.17, 15) is 8.42 Å². The van der Waals surface area contributed by atoms with Gasteiger partial charge in [0.2, 0.25) is 0 Å². The molecule has 2 saturated heterocycles. The van der Waals surface area contributed by atoms with E-state index >= 15 is 0 Å². The number of nitrogens with zero attached hydrogens (tertiary/aromatic N) is 2. The standard InChI is InChI=1S/C13H25ClN2O2S/c1-13(2)11-16(10-7-12(13)14)19(17,18)15-8-5-3-4-6-9-15/h12H,3-11H2,1-2H3. The van der Waals surface area contributed by atoms with Gasteiger partial charge in [0.15, 0.2) is 0 Å². The molecule has 112 valence electrons. The Kier molecular flexibility index (Phi) is 4.81. The predicted octanol–water partition coefficient (Wildman–Crippen LogP) is 2.45. The normalized spacial score (nSPS) is 31.0. The van der Waals surface area contributed by atoms with Crippen LogP contribution < -0.4 is 0 Å². The first-order chi connectivity index (χ1) is 8.84. The number of piperidine rings is 1. The lowest BCUT2D eigenvalue weighted by molar-refractivity contribution is 0.182. The number of hydrogen-bond donors (Lipinski definition) is 0. The van der Waals surface area contributed by atoms with Gasteiger partial charge < -0.3 is 0 Å². The molecule has 0 aromatic rings. The van der Waals surface area contributed by atoms with E-state index in [1.54, 1.807) is 8.61 Å². The first-order valence-corrected chi connectivity index (χ1v) is 9.07. The molecule has 1 unspecified atom stereocenters. The van der Waals surface area contributed by atoms with Crippen molar-refractivity contribution in [2.24, 2.45) is 5.41 Å². The van der Waals surface area contributed by atoms with Crippen LogP contribution in [0.4, 0.5) is 0 Å². The molecule has 4 nitrogen and oxygen atoms in total. The van der Waals surface area contributed by atoms with E-state index in [1.807, 2.05) is 0 Å². The summed E-state index contributed by atoms with van der Waals surface area (Å²) in [5.41, 5.74) is -0.154. The molecule has 2 fully saturated rings. The predicted molar refractivity (Wildman–Crippen MR) is 78.6 cm³/mol. The maximum absolute atomic E-state index is 12.7. The van der Waals surface area contributed by atoms with Crippen molar-refractivity contribution in [3.8, 4) is 0 Å². The summed E-state index contributed by atoms with van der Waals surface area (Å²) in [6.07, 6.45) is 4.98. The third kappa shape index (κ3) is 3.43. The van der Waals surface area contributed by atoms with Crippen molar-refractivity contribution in [3.63, 3.8) is 0 Å². The molecule has 0 bridgehead atoms. The van der Waals surface area contributed by atoms with Crippen molar-refractivity contribution >= 4 is 21.8 Å². The van der Waals surface area contributed by atoms with E-state index in [4.69, 9.17) is 11.6 Å². The van der Waals surface area contributed by atoms with Gasteiger partial charge in [-0.05, 0) is 24.7 Å². The molecule has 2 heterocycles. The van der Waals surface area contributed by atoms with Crippen LogP contribution in [-0.2, 0) is 10.2 Å². The highest BCUT2D eigenvalue weighted by Gasteiger charge is 2.41. The number of halogens is 1. The Bertz CT molecular complexity index is 403. The van der Waals surface area contributed by atoms with E-state index in [0.29, 0.717) is 26.2 Å². The zero-order chi connectivity index (χ0) is 14.1. The molecule has 0 N–H and O–H groups in total. The van der Waals surface area contributed by atoms with Crippen molar-refractivity contribution in [1.29, 1.82) is 0 Å². The van der Waals surface area contributed by atoms with Crippen LogP contribution in [0.3, 0.4) is 0 Å². The highest BCUT2D eigenvalue weighted by atomic mass is 35.5. The van der Waals surface area contributed by atoms with Gasteiger partial charge in [0, 0.05) is 31.6 Å². The Morgan fingerprint density at radius 3 is 2.11 bits per heavy atom. The zero-order valence-electron chi connectivity index (χ0n) is 11.9. The smallest absolute Gasteiger partial charge is 0.195 e.